The van der Waals surface area contributed by atoms with Gasteiger partial charge >= 0.3 is 0 Å². The molecule has 0 rings (SSSR count). The van der Waals surface area contributed by atoms with Crippen molar-refractivity contribution < 1.29 is 15.0 Å². The Morgan fingerprint density at radius 3 is 1.00 bits per heavy atom. The number of hydrogen-bond donors (Lipinski definition) is 3. The van der Waals surface area contributed by atoms with E-state index in [1.807, 2.05) is 6.08 Å². The van der Waals surface area contributed by atoms with Gasteiger partial charge in [0.2, 0.25) is 5.91 Å². The first-order chi connectivity index (χ1) is 34.7. The molecule has 406 valence electrons. The Bertz CT molecular complexity index is 1240. The maximum Gasteiger partial charge on any atom is 0.220 e. The summed E-state index contributed by atoms with van der Waals surface area (Å²) in [6.45, 7) is 4.21. The fraction of sp³-hybridized carbons (Fsp3) is 0.773. The van der Waals surface area contributed by atoms with Crippen LogP contribution in [-0.2, 0) is 4.79 Å². The Labute approximate surface area is 437 Å². The molecule has 0 aromatic heterocycles. The second kappa shape index (κ2) is 60.9. The van der Waals surface area contributed by atoms with Crippen LogP contribution >= 0.6 is 0 Å². The molecule has 3 N–H and O–H groups in total. The summed E-state index contributed by atoms with van der Waals surface area (Å²) >= 11 is 0. The number of nitrogens with one attached hydrogen (secondary N) is 1. The molecule has 4 heteroatoms. The number of rotatable bonds is 56. The van der Waals surface area contributed by atoms with E-state index in [0.717, 1.165) is 64.2 Å². The monoisotopic (exact) mass is 974 g/mol. The van der Waals surface area contributed by atoms with E-state index in [1.165, 1.54) is 225 Å². The predicted octanol–water partition coefficient (Wildman–Crippen LogP) is 20.7. The molecule has 2 unspecified atom stereocenters. The third-order valence-electron chi connectivity index (χ3n) is 13.9. The van der Waals surface area contributed by atoms with Crippen molar-refractivity contribution in [3.63, 3.8) is 0 Å². The number of carbonyl (C=O) groups is 1. The maximum absolute atomic E-state index is 12.5. The maximum atomic E-state index is 12.5. The van der Waals surface area contributed by atoms with Gasteiger partial charge in [0.05, 0.1) is 18.8 Å². The van der Waals surface area contributed by atoms with Crippen LogP contribution in [0.5, 0.6) is 0 Å². The van der Waals surface area contributed by atoms with Gasteiger partial charge in [0, 0.05) is 6.42 Å². The van der Waals surface area contributed by atoms with E-state index in [9.17, 15) is 15.0 Å². The van der Waals surface area contributed by atoms with Gasteiger partial charge in [0.25, 0.3) is 0 Å². The molecule has 0 aromatic carbocycles. The third kappa shape index (κ3) is 56.5. The highest BCUT2D eigenvalue weighted by atomic mass is 16.3. The Hall–Kier alpha value is -2.43. The van der Waals surface area contributed by atoms with Crippen molar-refractivity contribution in [1.29, 1.82) is 0 Å². The van der Waals surface area contributed by atoms with Gasteiger partial charge in [-0.05, 0) is 77.0 Å². The van der Waals surface area contributed by atoms with Crippen LogP contribution in [0.4, 0.5) is 0 Å². The number of allylic oxidation sites excluding steroid dienone is 13. The van der Waals surface area contributed by atoms with Gasteiger partial charge in [0.1, 0.15) is 0 Å². The molecule has 70 heavy (non-hydrogen) atoms. The van der Waals surface area contributed by atoms with Gasteiger partial charge in [-0.2, -0.15) is 0 Å². The molecular weight excluding hydrogens is 855 g/mol. The lowest BCUT2D eigenvalue weighted by Gasteiger charge is -2.19. The average Bonchev–Trinajstić information content (AvgIpc) is 3.36. The van der Waals surface area contributed by atoms with Crippen molar-refractivity contribution in [1.82, 2.24) is 5.32 Å². The number of aliphatic hydroxyl groups is 2. The summed E-state index contributed by atoms with van der Waals surface area (Å²) in [6.07, 6.45) is 89.1. The number of unbranched alkanes of at least 4 members (excludes halogenated alkanes) is 37. The smallest absolute Gasteiger partial charge is 0.220 e. The molecule has 0 aliphatic heterocycles. The second-order valence-corrected chi connectivity index (χ2v) is 20.7. The van der Waals surface area contributed by atoms with Gasteiger partial charge in [0.15, 0.2) is 0 Å². The Kier molecular flexibility index (Phi) is 58.8. The largest absolute Gasteiger partial charge is 0.394 e. The van der Waals surface area contributed by atoms with E-state index in [-0.39, 0.29) is 12.5 Å². The molecule has 0 saturated heterocycles. The molecule has 0 heterocycles. The summed E-state index contributed by atoms with van der Waals surface area (Å²) in [5, 5.41) is 23.2. The van der Waals surface area contributed by atoms with Crippen molar-refractivity contribution in [2.24, 2.45) is 0 Å². The predicted molar refractivity (Wildman–Crippen MR) is 313 cm³/mol. The number of aliphatic hydroxyl groups excluding tert-OH is 2. The topological polar surface area (TPSA) is 69.6 Å². The van der Waals surface area contributed by atoms with Crippen LogP contribution in [-0.4, -0.2) is 34.9 Å². The van der Waals surface area contributed by atoms with Gasteiger partial charge in [-0.3, -0.25) is 4.79 Å². The minimum Gasteiger partial charge on any atom is -0.394 e. The van der Waals surface area contributed by atoms with Crippen LogP contribution in [0.2, 0.25) is 0 Å². The van der Waals surface area contributed by atoms with E-state index in [2.05, 4.69) is 92.1 Å². The normalized spacial score (nSPS) is 13.4. The molecule has 0 aliphatic rings. The van der Waals surface area contributed by atoms with Crippen molar-refractivity contribution in [2.45, 2.75) is 321 Å². The average molecular weight is 975 g/mol. The third-order valence-corrected chi connectivity index (χ3v) is 13.9. The molecule has 0 saturated carbocycles. The Morgan fingerprint density at radius 1 is 0.357 bits per heavy atom. The summed E-state index contributed by atoms with van der Waals surface area (Å²) in [5.74, 6) is -0.0772. The molecule has 0 spiro atoms. The highest BCUT2D eigenvalue weighted by molar-refractivity contribution is 5.76. The lowest BCUT2D eigenvalue weighted by atomic mass is 10.0. The summed E-state index contributed by atoms with van der Waals surface area (Å²) < 4.78 is 0. The second-order valence-electron chi connectivity index (χ2n) is 20.7. The van der Waals surface area contributed by atoms with Crippen LogP contribution in [0, 0.1) is 0 Å². The van der Waals surface area contributed by atoms with Crippen LogP contribution < -0.4 is 5.32 Å². The zero-order valence-corrected chi connectivity index (χ0v) is 46.8. The highest BCUT2D eigenvalue weighted by Crippen LogP contribution is 2.17. The lowest BCUT2D eigenvalue weighted by Crippen LogP contribution is -2.45. The zero-order valence-electron chi connectivity index (χ0n) is 46.8. The molecule has 0 aliphatic carbocycles. The Balaban J connectivity index is 3.53. The van der Waals surface area contributed by atoms with E-state index in [1.54, 1.807) is 6.08 Å². The quantitative estimate of drug-likeness (QED) is 0.0420. The Morgan fingerprint density at radius 2 is 0.643 bits per heavy atom. The summed E-state index contributed by atoms with van der Waals surface area (Å²) in [6, 6.07) is -0.647. The minimum atomic E-state index is -0.870. The van der Waals surface area contributed by atoms with Gasteiger partial charge in [-0.25, -0.2) is 0 Å². The standard InChI is InChI=1S/C66H119NO3/c1-3-5-7-9-11-13-15-17-19-21-23-25-27-29-31-32-33-34-36-37-39-41-43-45-47-49-51-53-55-57-59-61-65(69)64(63-68)67-66(70)62-60-58-56-54-52-50-48-46-44-42-40-38-35-30-28-26-24-22-20-18-16-14-12-10-8-6-4-2/h6,8,12,14,18,20,24,26,30,35,51,53,59,61,64-65,68-69H,3-5,7,9-11,13,15-17,19,21-23,25,27-29,31-34,36-50,52,54-58,60,62-63H2,1-2H3,(H,67,70)/b8-6-,14-12-,20-18-,26-24-,35-30-,53-51+,61-59+. The van der Waals surface area contributed by atoms with Gasteiger partial charge in [-0.1, -0.05) is 311 Å². The van der Waals surface area contributed by atoms with Crippen molar-refractivity contribution >= 4 is 5.91 Å². The van der Waals surface area contributed by atoms with Crippen molar-refractivity contribution in [2.75, 3.05) is 6.61 Å². The van der Waals surface area contributed by atoms with Gasteiger partial charge in [-0.15, -0.1) is 0 Å². The zero-order chi connectivity index (χ0) is 50.6. The molecule has 4 nitrogen and oxygen atoms in total. The molecule has 0 aromatic rings. The first-order valence-electron chi connectivity index (χ1n) is 30.8. The fourth-order valence-electron chi connectivity index (χ4n) is 9.22. The number of hydrogen-bond acceptors (Lipinski definition) is 3. The first kappa shape index (κ1) is 67.6. The van der Waals surface area contributed by atoms with Crippen LogP contribution in [0.3, 0.4) is 0 Å². The van der Waals surface area contributed by atoms with Gasteiger partial charge < -0.3 is 15.5 Å². The molecule has 1 amide bonds. The van der Waals surface area contributed by atoms with E-state index >= 15 is 0 Å². The molecule has 0 radical (unpaired) electrons. The molecule has 0 fully saturated rings. The van der Waals surface area contributed by atoms with Crippen LogP contribution in [0.15, 0.2) is 85.1 Å². The number of amides is 1. The van der Waals surface area contributed by atoms with Crippen LogP contribution in [0.25, 0.3) is 0 Å². The minimum absolute atomic E-state index is 0.0772. The first-order valence-corrected chi connectivity index (χ1v) is 30.8. The lowest BCUT2D eigenvalue weighted by molar-refractivity contribution is -0.123. The summed E-state index contributed by atoms with van der Waals surface area (Å²) in [5.41, 5.74) is 0. The molecule has 2 atom stereocenters. The van der Waals surface area contributed by atoms with Crippen molar-refractivity contribution in [3.05, 3.63) is 85.1 Å². The summed E-state index contributed by atoms with van der Waals surface area (Å²) in [4.78, 5) is 12.5. The summed E-state index contributed by atoms with van der Waals surface area (Å²) in [7, 11) is 0. The molecule has 0 bridgehead atoms. The van der Waals surface area contributed by atoms with E-state index in [0.29, 0.717) is 6.42 Å². The van der Waals surface area contributed by atoms with E-state index in [4.69, 9.17) is 0 Å². The fourth-order valence-corrected chi connectivity index (χ4v) is 9.22. The number of carbonyl (C=O) groups excluding carboxylic acids is 1. The highest BCUT2D eigenvalue weighted by Gasteiger charge is 2.18. The van der Waals surface area contributed by atoms with E-state index < -0.39 is 12.1 Å². The van der Waals surface area contributed by atoms with Crippen molar-refractivity contribution in [3.8, 4) is 0 Å². The van der Waals surface area contributed by atoms with Crippen LogP contribution in [0.1, 0.15) is 309 Å². The molecular formula is C66H119NO3. The SMILES string of the molecule is CC/C=C\C/C=C\C/C=C\C/C=C\C/C=C\CCCCCCCCCCCCCC(=O)NC(CO)C(O)/C=C/CC/C=C/CCCCCCCCCCCCCCCCCCCCCCCCCCC.